The van der Waals surface area contributed by atoms with E-state index < -0.39 is 5.60 Å². The number of aliphatic imine (C=N–C) groups is 1. The molecule has 0 unspecified atom stereocenters. The van der Waals surface area contributed by atoms with E-state index in [0.717, 1.165) is 64.4 Å². The molecule has 3 aliphatic heterocycles. The Kier molecular flexibility index (Phi) is 4.40. The first kappa shape index (κ1) is 17.1. The third-order valence-corrected chi connectivity index (χ3v) is 6.56. The number of amidine groups is 1. The molecular weight excluding hydrogens is 320 g/mol. The summed E-state index contributed by atoms with van der Waals surface area (Å²) in [4.78, 5) is 20.7. The highest BCUT2D eigenvalue weighted by molar-refractivity contribution is 5.91. The summed E-state index contributed by atoms with van der Waals surface area (Å²) >= 11 is 0. The molecule has 2 saturated heterocycles. The van der Waals surface area contributed by atoms with Crippen LogP contribution >= 0.6 is 0 Å². The maximum atomic E-state index is 11.9. The molecule has 1 aliphatic carbocycles. The van der Waals surface area contributed by atoms with Crippen LogP contribution in [0.2, 0.25) is 0 Å². The van der Waals surface area contributed by atoms with Crippen LogP contribution in [0.3, 0.4) is 0 Å². The molecule has 7 nitrogen and oxygen atoms in total. The summed E-state index contributed by atoms with van der Waals surface area (Å²) in [5.74, 6) is 0.804. The van der Waals surface area contributed by atoms with E-state index in [2.05, 4.69) is 15.2 Å². The highest BCUT2D eigenvalue weighted by Crippen LogP contribution is 2.50. The van der Waals surface area contributed by atoms with Gasteiger partial charge in [-0.15, -0.1) is 0 Å². The third kappa shape index (κ3) is 3.12. The van der Waals surface area contributed by atoms with Crippen LogP contribution in [0.1, 0.15) is 39.0 Å². The first-order chi connectivity index (χ1) is 12.0. The number of likely N-dealkylation sites (tertiary alicyclic amines) is 2. The molecule has 140 valence electrons. The van der Waals surface area contributed by atoms with Gasteiger partial charge in [0, 0.05) is 38.8 Å². The minimum Gasteiger partial charge on any atom is -0.450 e. The summed E-state index contributed by atoms with van der Waals surface area (Å²) in [6, 6.07) is 0.602. The van der Waals surface area contributed by atoms with Gasteiger partial charge in [0.05, 0.1) is 13.2 Å². The Labute approximate surface area is 149 Å². The zero-order chi connectivity index (χ0) is 17.5. The second kappa shape index (κ2) is 6.43. The number of amides is 1. The molecule has 0 aromatic heterocycles. The number of carbonyl (C=O) groups excluding carboxylic acids is 1. The highest BCUT2D eigenvalue weighted by atomic mass is 16.6. The average molecular weight is 350 g/mol. The lowest BCUT2D eigenvalue weighted by molar-refractivity contribution is -0.0385. The van der Waals surface area contributed by atoms with Crippen LogP contribution in [0.4, 0.5) is 4.79 Å². The fourth-order valence-corrected chi connectivity index (χ4v) is 5.04. The molecule has 4 aliphatic rings. The van der Waals surface area contributed by atoms with Gasteiger partial charge in [0.1, 0.15) is 11.4 Å². The van der Waals surface area contributed by atoms with Crippen LogP contribution in [0.5, 0.6) is 0 Å². The largest absolute Gasteiger partial charge is 0.450 e. The van der Waals surface area contributed by atoms with Crippen molar-refractivity contribution in [3.8, 4) is 0 Å². The molecular formula is C18H30N4O3. The van der Waals surface area contributed by atoms with Gasteiger partial charge in [-0.1, -0.05) is 0 Å². The fraction of sp³-hybridized carbons (Fsp3) is 0.889. The van der Waals surface area contributed by atoms with Crippen LogP contribution < -0.4 is 5.32 Å². The Morgan fingerprint density at radius 1 is 1.32 bits per heavy atom. The topological polar surface area (TPSA) is 77.4 Å². The summed E-state index contributed by atoms with van der Waals surface area (Å²) in [5.41, 5.74) is -0.440. The molecule has 1 amide bonds. The van der Waals surface area contributed by atoms with E-state index in [1.54, 1.807) is 0 Å². The van der Waals surface area contributed by atoms with Gasteiger partial charge in [-0.3, -0.25) is 4.99 Å². The fourth-order valence-electron chi connectivity index (χ4n) is 5.04. The number of nitrogens with one attached hydrogen (secondary N) is 1. The first-order valence-corrected chi connectivity index (χ1v) is 9.71. The monoisotopic (exact) mass is 350 g/mol. The van der Waals surface area contributed by atoms with Gasteiger partial charge in [0.2, 0.25) is 0 Å². The minimum atomic E-state index is -0.748. The molecule has 3 fully saturated rings. The van der Waals surface area contributed by atoms with Crippen LogP contribution in [-0.2, 0) is 4.74 Å². The quantitative estimate of drug-likeness (QED) is 0.788. The van der Waals surface area contributed by atoms with Crippen molar-refractivity contribution in [3.63, 3.8) is 0 Å². The number of ether oxygens (including phenoxy) is 1. The molecule has 0 radical (unpaired) electrons. The predicted octanol–water partition coefficient (Wildman–Crippen LogP) is 0.826. The van der Waals surface area contributed by atoms with Crippen molar-refractivity contribution in [2.75, 3.05) is 45.9 Å². The zero-order valence-electron chi connectivity index (χ0n) is 15.2. The van der Waals surface area contributed by atoms with Gasteiger partial charge in [-0.25, -0.2) is 4.79 Å². The third-order valence-electron chi connectivity index (χ3n) is 6.56. The molecule has 1 saturated carbocycles. The molecule has 0 aromatic rings. The Morgan fingerprint density at radius 2 is 2.08 bits per heavy atom. The molecule has 4 rings (SSSR count). The minimum absolute atomic E-state index is 0.157. The van der Waals surface area contributed by atoms with Crippen LogP contribution in [-0.4, -0.2) is 84.4 Å². The summed E-state index contributed by atoms with van der Waals surface area (Å²) < 4.78 is 5.13. The Hall–Kier alpha value is -1.34. The number of carbonyl (C=O) groups is 1. The average Bonchev–Trinajstić information content (AvgIpc) is 3.25. The number of piperidine rings is 1. The Balaban J connectivity index is 1.26. The summed E-state index contributed by atoms with van der Waals surface area (Å²) in [5, 5.41) is 14.1. The normalized spacial score (nSPS) is 34.6. The number of rotatable bonds is 3. The lowest BCUT2D eigenvalue weighted by Crippen LogP contribution is -2.59. The standard InChI is InChI=1S/C18H30N4O3/c1-2-25-16(23)22-8-3-17(13-22)11-14(12-17)21-9-4-18(24,5-10-21)15-19-6-7-20-15/h14,24H,2-13H2,1H3,(H,19,20). The van der Waals surface area contributed by atoms with Gasteiger partial charge in [0.15, 0.2) is 0 Å². The maximum absolute atomic E-state index is 11.9. The highest BCUT2D eigenvalue weighted by Gasteiger charge is 2.52. The predicted molar refractivity (Wildman–Crippen MR) is 94.7 cm³/mol. The lowest BCUT2D eigenvalue weighted by atomic mass is 9.64. The summed E-state index contributed by atoms with van der Waals surface area (Å²) in [6.45, 7) is 7.47. The number of nitrogens with zero attached hydrogens (tertiary/aromatic N) is 3. The van der Waals surface area contributed by atoms with E-state index in [1.807, 2.05) is 11.8 Å². The van der Waals surface area contributed by atoms with Crippen LogP contribution in [0.15, 0.2) is 4.99 Å². The molecule has 0 bridgehead atoms. The van der Waals surface area contributed by atoms with Crippen molar-refractivity contribution in [2.24, 2.45) is 10.4 Å². The van der Waals surface area contributed by atoms with Gasteiger partial charge in [-0.2, -0.15) is 0 Å². The van der Waals surface area contributed by atoms with E-state index >= 15 is 0 Å². The maximum Gasteiger partial charge on any atom is 0.409 e. The van der Waals surface area contributed by atoms with E-state index in [0.29, 0.717) is 18.1 Å². The molecule has 0 atom stereocenters. The van der Waals surface area contributed by atoms with E-state index in [-0.39, 0.29) is 6.09 Å². The Bertz CT molecular complexity index is 551. The van der Waals surface area contributed by atoms with Crippen molar-refractivity contribution < 1.29 is 14.6 Å². The van der Waals surface area contributed by atoms with Crippen molar-refractivity contribution >= 4 is 11.9 Å². The van der Waals surface area contributed by atoms with Crippen molar-refractivity contribution in [3.05, 3.63) is 0 Å². The molecule has 1 spiro atoms. The van der Waals surface area contributed by atoms with Crippen LogP contribution in [0, 0.1) is 5.41 Å². The Morgan fingerprint density at radius 3 is 2.72 bits per heavy atom. The number of hydrogen-bond donors (Lipinski definition) is 2. The van der Waals surface area contributed by atoms with Gasteiger partial charge >= 0.3 is 6.09 Å². The van der Waals surface area contributed by atoms with Crippen LogP contribution in [0.25, 0.3) is 0 Å². The smallest absolute Gasteiger partial charge is 0.409 e. The van der Waals surface area contributed by atoms with E-state index in [9.17, 15) is 9.90 Å². The second-order valence-electron chi connectivity index (χ2n) is 8.16. The summed E-state index contributed by atoms with van der Waals surface area (Å²) in [7, 11) is 0. The summed E-state index contributed by atoms with van der Waals surface area (Å²) in [6.07, 6.45) is 4.80. The molecule has 3 heterocycles. The SMILES string of the molecule is CCOC(=O)N1CCC2(CC(N3CCC(O)(C4=NCCN4)CC3)C2)C1. The molecule has 0 aromatic carbocycles. The van der Waals surface area contributed by atoms with E-state index in [4.69, 9.17) is 4.74 Å². The number of aliphatic hydroxyl groups is 1. The first-order valence-electron chi connectivity index (χ1n) is 9.71. The lowest BCUT2D eigenvalue weighted by Gasteiger charge is -2.52. The molecule has 25 heavy (non-hydrogen) atoms. The second-order valence-corrected chi connectivity index (χ2v) is 8.16. The van der Waals surface area contributed by atoms with Crippen molar-refractivity contribution in [2.45, 2.75) is 50.7 Å². The molecule has 2 N–H and O–H groups in total. The number of hydrogen-bond acceptors (Lipinski definition) is 6. The van der Waals surface area contributed by atoms with Gasteiger partial charge in [-0.05, 0) is 44.4 Å². The molecule has 7 heteroatoms. The zero-order valence-corrected chi connectivity index (χ0v) is 15.2. The van der Waals surface area contributed by atoms with Crippen molar-refractivity contribution in [1.29, 1.82) is 0 Å². The van der Waals surface area contributed by atoms with Gasteiger partial charge in [0.25, 0.3) is 0 Å². The van der Waals surface area contributed by atoms with Crippen molar-refractivity contribution in [1.82, 2.24) is 15.1 Å². The van der Waals surface area contributed by atoms with Gasteiger partial charge < -0.3 is 25.0 Å². The van der Waals surface area contributed by atoms with E-state index in [1.165, 1.54) is 12.8 Å².